The lowest BCUT2D eigenvalue weighted by Crippen LogP contribution is -2.41. The van der Waals surface area contributed by atoms with Crippen molar-refractivity contribution in [2.75, 3.05) is 20.8 Å². The Balaban J connectivity index is 2.00. The lowest BCUT2D eigenvalue weighted by Gasteiger charge is -2.36. The first kappa shape index (κ1) is 28.4. The average Bonchev–Trinajstić information content (AvgIpc) is 3.01. The van der Waals surface area contributed by atoms with Crippen LogP contribution < -0.4 is 9.47 Å². The van der Waals surface area contributed by atoms with Gasteiger partial charge < -0.3 is 23.2 Å². The van der Waals surface area contributed by atoms with Crippen molar-refractivity contribution in [1.29, 1.82) is 0 Å². The summed E-state index contributed by atoms with van der Waals surface area (Å²) < 4.78 is 30.1. The molecule has 0 saturated carbocycles. The summed E-state index contributed by atoms with van der Waals surface area (Å²) in [4.78, 5) is 4.57. The zero-order valence-electron chi connectivity index (χ0n) is 23.8. The Labute approximate surface area is 218 Å². The van der Waals surface area contributed by atoms with Gasteiger partial charge in [0.05, 0.1) is 32.0 Å². The molecule has 0 bridgehead atoms. The minimum absolute atomic E-state index is 0.0994. The van der Waals surface area contributed by atoms with E-state index in [9.17, 15) is 0 Å². The van der Waals surface area contributed by atoms with E-state index in [1.54, 1.807) is 14.2 Å². The highest BCUT2D eigenvalue weighted by Gasteiger charge is 2.50. The smallest absolute Gasteiger partial charge is 0.487 e. The molecule has 196 valence electrons. The van der Waals surface area contributed by atoms with Gasteiger partial charge in [0.25, 0.3) is 0 Å². The molecule has 0 aliphatic carbocycles. The van der Waals surface area contributed by atoms with E-state index < -0.39 is 26.6 Å². The van der Waals surface area contributed by atoms with Crippen LogP contribution in [0.15, 0.2) is 42.6 Å². The number of nitrogens with zero attached hydrogens (tertiary/aromatic N) is 1. The largest absolute Gasteiger partial charge is 0.493 e. The molecule has 1 aliphatic rings. The molecule has 0 N–H and O–H groups in total. The summed E-state index contributed by atoms with van der Waals surface area (Å²) in [5.41, 5.74) is 3.09. The third-order valence-electron chi connectivity index (χ3n) is 7.83. The fraction of sp³-hybridized carbons (Fsp3) is 0.536. The van der Waals surface area contributed by atoms with Gasteiger partial charge in [0, 0.05) is 18.0 Å². The Morgan fingerprint density at radius 3 is 2.11 bits per heavy atom. The maximum Gasteiger partial charge on any atom is 0.487 e. The number of hydrogen-bond acceptors (Lipinski definition) is 6. The van der Waals surface area contributed by atoms with E-state index in [0.29, 0.717) is 18.1 Å². The Kier molecular flexibility index (Phi) is 8.16. The van der Waals surface area contributed by atoms with Gasteiger partial charge in [0.15, 0.2) is 19.8 Å². The van der Waals surface area contributed by atoms with Crippen molar-refractivity contribution < 1.29 is 23.2 Å². The van der Waals surface area contributed by atoms with Crippen molar-refractivity contribution in [2.45, 2.75) is 77.8 Å². The summed E-state index contributed by atoms with van der Waals surface area (Å²) in [6, 6.07) is 8.00. The zero-order valence-corrected chi connectivity index (χ0v) is 24.8. The molecule has 0 radical (unpaired) electrons. The Morgan fingerprint density at radius 2 is 1.56 bits per heavy atom. The molecule has 8 heteroatoms. The lowest BCUT2D eigenvalue weighted by atomic mass is 9.85. The van der Waals surface area contributed by atoms with E-state index >= 15 is 0 Å². The van der Waals surface area contributed by atoms with Crippen LogP contribution in [-0.2, 0) is 13.7 Å². The van der Waals surface area contributed by atoms with Gasteiger partial charge in [-0.05, 0) is 86.7 Å². The molecule has 1 aliphatic heterocycles. The molecule has 3 rings (SSSR count). The predicted octanol–water partition coefficient (Wildman–Crippen LogP) is 6.80. The van der Waals surface area contributed by atoms with Crippen LogP contribution in [0.1, 0.15) is 54.0 Å². The number of pyridine rings is 1. The van der Waals surface area contributed by atoms with Crippen molar-refractivity contribution in [3.8, 4) is 22.6 Å². The first-order valence-corrected chi connectivity index (χ1v) is 15.4. The minimum atomic E-state index is -1.99. The zero-order chi connectivity index (χ0) is 26.9. The Hall–Kier alpha value is -2.13. The lowest BCUT2D eigenvalue weighted by molar-refractivity contribution is 0.00578. The highest BCUT2D eigenvalue weighted by atomic mass is 28.4. The molecular weight excluding hydrogens is 469 g/mol. The summed E-state index contributed by atoms with van der Waals surface area (Å²) in [6.45, 7) is 20.0. The number of methoxy groups -OCH3 is 2. The van der Waals surface area contributed by atoms with Crippen LogP contribution in [0.3, 0.4) is 0 Å². The Bertz CT molecular complexity index is 1090. The second-order valence-corrected chi connectivity index (χ2v) is 16.7. The highest BCUT2D eigenvalue weighted by molar-refractivity contribution is 6.74. The van der Waals surface area contributed by atoms with Gasteiger partial charge in [0.1, 0.15) is 0 Å². The van der Waals surface area contributed by atoms with Gasteiger partial charge >= 0.3 is 7.12 Å². The van der Waals surface area contributed by atoms with E-state index in [0.717, 1.165) is 22.3 Å². The summed E-state index contributed by atoms with van der Waals surface area (Å²) in [5, 5.41) is 0.0994. The van der Waals surface area contributed by atoms with Crippen molar-refractivity contribution in [1.82, 2.24) is 4.98 Å². The van der Waals surface area contributed by atoms with Gasteiger partial charge in [-0.3, -0.25) is 4.98 Å². The van der Waals surface area contributed by atoms with Gasteiger partial charge in [-0.15, -0.1) is 0 Å². The van der Waals surface area contributed by atoms with Crippen LogP contribution in [0.5, 0.6) is 11.5 Å². The second-order valence-electron chi connectivity index (χ2n) is 11.9. The maximum atomic E-state index is 6.63. The van der Waals surface area contributed by atoms with E-state index in [1.165, 1.54) is 0 Å². The molecule has 0 spiro atoms. The number of rotatable bonds is 8. The Morgan fingerprint density at radius 1 is 0.944 bits per heavy atom. The van der Waals surface area contributed by atoms with Crippen LogP contribution in [0.2, 0.25) is 18.1 Å². The van der Waals surface area contributed by atoms with Crippen molar-refractivity contribution in [3.63, 3.8) is 0 Å². The topological polar surface area (TPSA) is 59.0 Å². The minimum Gasteiger partial charge on any atom is -0.493 e. The van der Waals surface area contributed by atoms with E-state index in [4.69, 9.17) is 23.2 Å². The van der Waals surface area contributed by atoms with E-state index in [2.05, 4.69) is 72.6 Å². The average molecular weight is 512 g/mol. The van der Waals surface area contributed by atoms with Gasteiger partial charge in [-0.2, -0.15) is 0 Å². The van der Waals surface area contributed by atoms with E-state index in [1.807, 2.05) is 36.6 Å². The molecule has 0 amide bonds. The number of ether oxygens (including phenoxy) is 2. The molecule has 1 aromatic carbocycles. The van der Waals surface area contributed by atoms with Crippen LogP contribution in [-0.4, -0.2) is 52.4 Å². The molecule has 0 atom stereocenters. The van der Waals surface area contributed by atoms with Crippen LogP contribution in [0.4, 0.5) is 0 Å². The highest BCUT2D eigenvalue weighted by Crippen LogP contribution is 2.40. The summed E-state index contributed by atoms with van der Waals surface area (Å²) >= 11 is 0. The van der Waals surface area contributed by atoms with Crippen molar-refractivity contribution >= 4 is 21.0 Å². The first-order chi connectivity index (χ1) is 16.6. The predicted molar refractivity (Wildman–Crippen MR) is 150 cm³/mol. The molecule has 1 saturated heterocycles. The molecule has 0 unspecified atom stereocenters. The monoisotopic (exact) mass is 511 g/mol. The maximum absolute atomic E-state index is 6.63. The third kappa shape index (κ3) is 6.05. The molecule has 36 heavy (non-hydrogen) atoms. The molecule has 6 nitrogen and oxygen atoms in total. The quantitative estimate of drug-likeness (QED) is 0.363. The number of aromatic nitrogens is 1. The van der Waals surface area contributed by atoms with Crippen molar-refractivity contribution in [3.05, 3.63) is 48.2 Å². The fourth-order valence-electron chi connectivity index (χ4n) is 3.61. The van der Waals surface area contributed by atoms with Crippen LogP contribution in [0.25, 0.3) is 16.7 Å². The molecular formula is C28H42BNO5Si. The summed E-state index contributed by atoms with van der Waals surface area (Å²) in [7, 11) is 0.812. The van der Waals surface area contributed by atoms with Crippen LogP contribution >= 0.6 is 0 Å². The van der Waals surface area contributed by atoms with Gasteiger partial charge in [0.2, 0.25) is 0 Å². The summed E-state index contributed by atoms with van der Waals surface area (Å²) in [5.74, 6) is 3.41. The van der Waals surface area contributed by atoms with Gasteiger partial charge in [-0.1, -0.05) is 26.8 Å². The third-order valence-corrected chi connectivity index (χ3v) is 12.3. The molecule has 2 aromatic rings. The summed E-state index contributed by atoms with van der Waals surface area (Å²) in [6.07, 6.45) is 3.72. The van der Waals surface area contributed by atoms with E-state index in [-0.39, 0.29) is 5.04 Å². The van der Waals surface area contributed by atoms with Crippen LogP contribution in [0, 0.1) is 0 Å². The fourth-order valence-corrected chi connectivity index (χ4v) is 4.56. The normalized spacial score (nSPS) is 17.9. The molecule has 2 heterocycles. The molecule has 1 aromatic heterocycles. The van der Waals surface area contributed by atoms with Gasteiger partial charge in [-0.25, -0.2) is 0 Å². The first-order valence-electron chi connectivity index (χ1n) is 12.5. The number of hydrogen-bond donors (Lipinski definition) is 0. The SMILES string of the molecule is COc1ccc(-c2cncc(/C(=C/B3OC(C)(C)C(C)(C)O3)CO[Si](C)(C)C(C)(C)C)c2)cc1OC. The molecule has 1 fully saturated rings. The standard InChI is InChI=1S/C28H42BNO5Si/c1-26(2,3)36(10,11)33-19-23(16-29-34-27(4,5)28(6,7)35-29)22-14-21(17-30-18-22)20-12-13-24(31-8)25(15-20)32-9/h12-18H,19H2,1-11H3/b23-16+. The van der Waals surface area contributed by atoms with Crippen molar-refractivity contribution in [2.24, 2.45) is 0 Å². The number of benzene rings is 1. The second kappa shape index (κ2) is 10.3.